The van der Waals surface area contributed by atoms with E-state index in [2.05, 4.69) is 11.0 Å². The fraction of sp³-hybridized carbons (Fsp3) is 0.0870. The predicted octanol–water partition coefficient (Wildman–Crippen LogP) is 4.00. The monoisotopic (exact) mass is 404 g/mol. The first-order chi connectivity index (χ1) is 14.0. The zero-order chi connectivity index (χ0) is 20.4. The Morgan fingerprint density at radius 2 is 1.62 bits per heavy atom. The first-order valence-electron chi connectivity index (χ1n) is 8.98. The van der Waals surface area contributed by atoms with Crippen LogP contribution in [-0.2, 0) is 10.0 Å². The first-order valence-corrected chi connectivity index (χ1v) is 10.4. The van der Waals surface area contributed by atoms with Crippen LogP contribution < -0.4 is 0 Å². The minimum absolute atomic E-state index is 0.118. The smallest absolute Gasteiger partial charge is 0.207 e. The molecule has 29 heavy (non-hydrogen) atoms. The molecule has 1 unspecified atom stereocenters. The van der Waals surface area contributed by atoms with Crippen molar-refractivity contribution in [3.8, 4) is 12.3 Å². The number of nitrogens with zero attached hydrogens (tertiary/aromatic N) is 2. The molecule has 144 valence electrons. The second-order valence-electron chi connectivity index (χ2n) is 6.63. The molecule has 1 aliphatic heterocycles. The second kappa shape index (κ2) is 7.53. The topological polar surface area (TPSA) is 49.7 Å². The van der Waals surface area contributed by atoms with E-state index in [1.54, 1.807) is 24.3 Å². The quantitative estimate of drug-likeness (QED) is 0.617. The van der Waals surface area contributed by atoms with E-state index in [4.69, 9.17) is 6.42 Å². The molecule has 0 aliphatic carbocycles. The third kappa shape index (κ3) is 3.65. The summed E-state index contributed by atoms with van der Waals surface area (Å²) < 4.78 is 40.8. The highest BCUT2D eigenvalue weighted by molar-refractivity contribution is 7.89. The lowest BCUT2D eigenvalue weighted by Gasteiger charge is -2.17. The van der Waals surface area contributed by atoms with Crippen LogP contribution in [0.5, 0.6) is 0 Å². The van der Waals surface area contributed by atoms with Gasteiger partial charge in [-0.25, -0.2) is 4.39 Å². The Balaban J connectivity index is 1.76. The van der Waals surface area contributed by atoms with E-state index >= 15 is 0 Å². The van der Waals surface area contributed by atoms with Gasteiger partial charge >= 0.3 is 0 Å². The standard InChI is InChI=1S/C23H17FN2O2S/c1-2-17-8-14-21(15-9-17)29(27,28)26-16-22(18-6-4-3-5-7-18)23(25-26)19-10-12-20(24)13-11-19/h1,3-15,22H,16H2. The van der Waals surface area contributed by atoms with Gasteiger partial charge < -0.3 is 0 Å². The van der Waals surface area contributed by atoms with Gasteiger partial charge in [0.05, 0.1) is 17.2 Å². The number of benzene rings is 3. The fourth-order valence-corrected chi connectivity index (χ4v) is 4.56. The molecule has 0 N–H and O–H groups in total. The van der Waals surface area contributed by atoms with Gasteiger partial charge in [-0.3, -0.25) is 0 Å². The van der Waals surface area contributed by atoms with Gasteiger partial charge in [-0.05, 0) is 47.5 Å². The molecule has 3 aromatic carbocycles. The summed E-state index contributed by atoms with van der Waals surface area (Å²) in [5.41, 5.74) is 2.81. The van der Waals surface area contributed by atoms with Crippen molar-refractivity contribution < 1.29 is 12.8 Å². The summed E-state index contributed by atoms with van der Waals surface area (Å²) in [4.78, 5) is 0.118. The summed E-state index contributed by atoms with van der Waals surface area (Å²) in [5, 5.41) is 4.44. The molecule has 1 heterocycles. The SMILES string of the molecule is C#Cc1ccc(S(=O)(=O)N2CC(c3ccccc3)C(c3ccc(F)cc3)=N2)cc1. The molecule has 0 saturated heterocycles. The average molecular weight is 404 g/mol. The molecule has 4 rings (SSSR count). The first kappa shape index (κ1) is 18.9. The highest BCUT2D eigenvalue weighted by Crippen LogP contribution is 2.32. The molecule has 0 bridgehead atoms. The van der Waals surface area contributed by atoms with Crippen molar-refractivity contribution in [1.29, 1.82) is 0 Å². The lowest BCUT2D eigenvalue weighted by atomic mass is 9.91. The lowest BCUT2D eigenvalue weighted by molar-refractivity contribution is 0.451. The van der Waals surface area contributed by atoms with E-state index in [9.17, 15) is 12.8 Å². The number of sulfonamides is 1. The minimum Gasteiger partial charge on any atom is -0.207 e. The van der Waals surface area contributed by atoms with E-state index in [1.165, 1.54) is 24.3 Å². The molecule has 0 fully saturated rings. The molecule has 0 amide bonds. The van der Waals surface area contributed by atoms with Gasteiger partial charge in [-0.2, -0.15) is 17.9 Å². The van der Waals surface area contributed by atoms with Gasteiger partial charge in [0.15, 0.2) is 0 Å². The molecular formula is C23H17FN2O2S. The third-order valence-electron chi connectivity index (χ3n) is 4.83. The number of halogens is 1. The van der Waals surface area contributed by atoms with Gasteiger partial charge in [0.2, 0.25) is 0 Å². The van der Waals surface area contributed by atoms with Crippen molar-refractivity contribution in [1.82, 2.24) is 4.41 Å². The van der Waals surface area contributed by atoms with Crippen molar-refractivity contribution in [2.45, 2.75) is 10.8 Å². The summed E-state index contributed by atoms with van der Waals surface area (Å²) in [7, 11) is -3.85. The molecule has 3 aromatic rings. The van der Waals surface area contributed by atoms with E-state index in [-0.39, 0.29) is 23.2 Å². The third-order valence-corrected chi connectivity index (χ3v) is 6.48. The van der Waals surface area contributed by atoms with Crippen LogP contribution in [0.4, 0.5) is 4.39 Å². The molecule has 6 heteroatoms. The fourth-order valence-electron chi connectivity index (χ4n) is 3.30. The number of hydrogen-bond acceptors (Lipinski definition) is 3. The van der Waals surface area contributed by atoms with Gasteiger partial charge in [-0.15, -0.1) is 6.42 Å². The lowest BCUT2D eigenvalue weighted by Crippen LogP contribution is -2.26. The predicted molar refractivity (Wildman–Crippen MR) is 110 cm³/mol. The molecule has 4 nitrogen and oxygen atoms in total. The highest BCUT2D eigenvalue weighted by Gasteiger charge is 2.35. The number of hydrazone groups is 1. The average Bonchev–Trinajstić information content (AvgIpc) is 3.21. The zero-order valence-corrected chi connectivity index (χ0v) is 16.2. The molecule has 0 radical (unpaired) electrons. The Hall–Kier alpha value is -3.43. The van der Waals surface area contributed by atoms with E-state index < -0.39 is 10.0 Å². The minimum atomic E-state index is -3.85. The Bertz CT molecular complexity index is 1200. The molecule has 0 spiro atoms. The van der Waals surface area contributed by atoms with Crippen molar-refractivity contribution >= 4 is 15.7 Å². The second-order valence-corrected chi connectivity index (χ2v) is 8.48. The van der Waals surface area contributed by atoms with Gasteiger partial charge in [-0.1, -0.05) is 48.4 Å². The van der Waals surface area contributed by atoms with Crippen LogP contribution in [-0.4, -0.2) is 25.1 Å². The molecular weight excluding hydrogens is 387 g/mol. The van der Waals surface area contributed by atoms with E-state index in [0.29, 0.717) is 16.8 Å². The van der Waals surface area contributed by atoms with Crippen LogP contribution in [0.1, 0.15) is 22.6 Å². The normalized spacial score (nSPS) is 16.3. The van der Waals surface area contributed by atoms with Crippen LogP contribution in [0, 0.1) is 18.2 Å². The van der Waals surface area contributed by atoms with Gasteiger partial charge in [0, 0.05) is 11.5 Å². The van der Waals surface area contributed by atoms with Crippen LogP contribution in [0.3, 0.4) is 0 Å². The Kier molecular flexibility index (Phi) is 4.91. The van der Waals surface area contributed by atoms with Crippen LogP contribution in [0.2, 0.25) is 0 Å². The van der Waals surface area contributed by atoms with Crippen molar-refractivity contribution in [2.75, 3.05) is 6.54 Å². The summed E-state index contributed by atoms with van der Waals surface area (Å²) >= 11 is 0. The largest absolute Gasteiger partial charge is 0.279 e. The maximum atomic E-state index is 13.4. The van der Waals surface area contributed by atoms with E-state index in [0.717, 1.165) is 9.98 Å². The van der Waals surface area contributed by atoms with Crippen molar-refractivity contribution in [3.05, 3.63) is 101 Å². The van der Waals surface area contributed by atoms with Gasteiger partial charge in [0.25, 0.3) is 10.0 Å². The Morgan fingerprint density at radius 1 is 0.966 bits per heavy atom. The maximum absolute atomic E-state index is 13.4. The number of terminal acetylenes is 1. The van der Waals surface area contributed by atoms with Crippen molar-refractivity contribution in [2.24, 2.45) is 5.10 Å². The summed E-state index contributed by atoms with van der Waals surface area (Å²) in [6.45, 7) is 0.163. The van der Waals surface area contributed by atoms with E-state index in [1.807, 2.05) is 30.3 Å². The maximum Gasteiger partial charge on any atom is 0.279 e. The molecule has 0 saturated carbocycles. The van der Waals surface area contributed by atoms with Crippen LogP contribution in [0.25, 0.3) is 0 Å². The Labute approximate surface area is 169 Å². The summed E-state index contributed by atoms with van der Waals surface area (Å²) in [6.07, 6.45) is 5.35. The zero-order valence-electron chi connectivity index (χ0n) is 15.4. The Morgan fingerprint density at radius 3 is 2.24 bits per heavy atom. The summed E-state index contributed by atoms with van der Waals surface area (Å²) in [5.74, 6) is 1.85. The van der Waals surface area contributed by atoms with Crippen molar-refractivity contribution in [3.63, 3.8) is 0 Å². The number of rotatable bonds is 4. The van der Waals surface area contributed by atoms with Gasteiger partial charge in [0.1, 0.15) is 5.82 Å². The van der Waals surface area contributed by atoms with Crippen LogP contribution in [0.15, 0.2) is 88.9 Å². The number of hydrogen-bond donors (Lipinski definition) is 0. The molecule has 1 atom stereocenters. The molecule has 1 aliphatic rings. The molecule has 0 aromatic heterocycles. The highest BCUT2D eigenvalue weighted by atomic mass is 32.2. The summed E-state index contributed by atoms with van der Waals surface area (Å²) in [6, 6.07) is 21.6. The van der Waals surface area contributed by atoms with Crippen LogP contribution >= 0.6 is 0 Å².